The van der Waals surface area contributed by atoms with E-state index in [4.69, 9.17) is 9.15 Å². The fraction of sp³-hybridized carbons (Fsp3) is 0.158. The van der Waals surface area contributed by atoms with Crippen LogP contribution in [0.4, 0.5) is 5.69 Å². The average Bonchev–Trinajstić information content (AvgIpc) is 2.62. The zero-order chi connectivity index (χ0) is 18.0. The molecule has 0 saturated carbocycles. The Labute approximate surface area is 152 Å². The molecule has 6 heteroatoms. The highest BCUT2D eigenvalue weighted by molar-refractivity contribution is 9.10. The molecule has 0 aliphatic carbocycles. The molecule has 5 nitrogen and oxygen atoms in total. The molecule has 3 rings (SSSR count). The minimum absolute atomic E-state index is 0.126. The molecule has 128 valence electrons. The minimum Gasteiger partial charge on any atom is -0.497 e. The molecule has 0 aliphatic heterocycles. The van der Waals surface area contributed by atoms with E-state index >= 15 is 0 Å². The van der Waals surface area contributed by atoms with Crippen LogP contribution in [0.5, 0.6) is 5.75 Å². The summed E-state index contributed by atoms with van der Waals surface area (Å²) in [6.07, 6.45) is 0. The Kier molecular flexibility index (Phi) is 4.90. The van der Waals surface area contributed by atoms with E-state index in [2.05, 4.69) is 21.2 Å². The summed E-state index contributed by atoms with van der Waals surface area (Å²) in [4.78, 5) is 23.8. The van der Waals surface area contributed by atoms with Gasteiger partial charge in [0.1, 0.15) is 17.1 Å². The van der Waals surface area contributed by atoms with Crippen molar-refractivity contribution in [2.75, 3.05) is 12.4 Å². The van der Waals surface area contributed by atoms with Crippen LogP contribution in [0.15, 0.2) is 57.7 Å². The first-order valence-corrected chi connectivity index (χ1v) is 8.57. The molecular weight excluding hydrogens is 386 g/mol. The van der Waals surface area contributed by atoms with Crippen molar-refractivity contribution in [3.8, 4) is 17.1 Å². The largest absolute Gasteiger partial charge is 0.497 e. The molecule has 0 fully saturated rings. The molecule has 0 spiro atoms. The summed E-state index contributed by atoms with van der Waals surface area (Å²) in [7, 11) is 1.55. The molecule has 0 bridgehead atoms. The van der Waals surface area contributed by atoms with Gasteiger partial charge in [0.25, 0.3) is 0 Å². The normalized spacial score (nSPS) is 12.0. The Bertz CT molecular complexity index is 977. The topological polar surface area (TPSA) is 68.5 Å². The fourth-order valence-corrected chi connectivity index (χ4v) is 2.48. The molecule has 1 unspecified atom stereocenters. The van der Waals surface area contributed by atoms with Gasteiger partial charge in [0.2, 0.25) is 5.91 Å². The van der Waals surface area contributed by atoms with E-state index < -0.39 is 0 Å². The summed E-state index contributed by atoms with van der Waals surface area (Å²) in [5.74, 6) is 0.946. The number of amides is 1. The van der Waals surface area contributed by atoms with Gasteiger partial charge in [0.05, 0.1) is 17.3 Å². The second-order valence-electron chi connectivity index (χ2n) is 5.52. The van der Waals surface area contributed by atoms with E-state index in [9.17, 15) is 9.59 Å². The number of benzene rings is 2. The van der Waals surface area contributed by atoms with Gasteiger partial charge in [-0.15, -0.1) is 0 Å². The number of hydrogen-bond donors (Lipinski definition) is 1. The first-order valence-electron chi connectivity index (χ1n) is 7.65. The number of alkyl halides is 1. The van der Waals surface area contributed by atoms with Crippen LogP contribution < -0.4 is 15.5 Å². The highest BCUT2D eigenvalue weighted by atomic mass is 79.9. The van der Waals surface area contributed by atoms with E-state index in [0.717, 1.165) is 5.56 Å². The Balaban J connectivity index is 1.94. The van der Waals surface area contributed by atoms with Crippen LogP contribution in [0, 0.1) is 0 Å². The predicted molar refractivity (Wildman–Crippen MR) is 101 cm³/mol. The van der Waals surface area contributed by atoms with E-state index in [1.54, 1.807) is 56.5 Å². The van der Waals surface area contributed by atoms with E-state index in [0.29, 0.717) is 28.2 Å². The highest BCUT2D eigenvalue weighted by Crippen LogP contribution is 2.25. The van der Waals surface area contributed by atoms with E-state index in [1.165, 1.54) is 6.07 Å². The number of nitrogens with one attached hydrogen (secondary N) is 1. The number of fused-ring (bicyclic) bond motifs is 1. The number of carbonyl (C=O) groups is 1. The minimum atomic E-state index is -0.275. The van der Waals surface area contributed by atoms with Crippen molar-refractivity contribution in [1.82, 2.24) is 0 Å². The van der Waals surface area contributed by atoms with Gasteiger partial charge in [0, 0.05) is 17.3 Å². The molecule has 2 aromatic carbocycles. The summed E-state index contributed by atoms with van der Waals surface area (Å²) in [5.41, 5.74) is 1.78. The summed E-state index contributed by atoms with van der Waals surface area (Å²) >= 11 is 3.22. The fourth-order valence-electron chi connectivity index (χ4n) is 2.36. The predicted octanol–water partition coefficient (Wildman–Crippen LogP) is 4.19. The second-order valence-corrected chi connectivity index (χ2v) is 6.89. The summed E-state index contributed by atoms with van der Waals surface area (Å²) in [5, 5.41) is 3.25. The lowest BCUT2D eigenvalue weighted by Gasteiger charge is -2.08. The van der Waals surface area contributed by atoms with Crippen molar-refractivity contribution in [3.63, 3.8) is 0 Å². The second kappa shape index (κ2) is 7.11. The zero-order valence-electron chi connectivity index (χ0n) is 13.7. The number of anilines is 1. The number of methoxy groups -OCH3 is 1. The van der Waals surface area contributed by atoms with Gasteiger partial charge in [-0.25, -0.2) is 0 Å². The van der Waals surface area contributed by atoms with Crippen molar-refractivity contribution in [3.05, 3.63) is 58.8 Å². The third-order valence-corrected chi connectivity index (χ3v) is 4.15. The van der Waals surface area contributed by atoms with Crippen LogP contribution in [-0.4, -0.2) is 17.8 Å². The average molecular weight is 402 g/mol. The molecule has 0 aliphatic rings. The number of rotatable bonds is 4. The molecule has 1 N–H and O–H groups in total. The molecule has 1 heterocycles. The SMILES string of the molecule is COc1ccc2oc(-c3ccc(NC(=O)C(C)Br)cc3)cc(=O)c2c1. The maximum Gasteiger partial charge on any atom is 0.237 e. The van der Waals surface area contributed by atoms with Gasteiger partial charge >= 0.3 is 0 Å². The van der Waals surface area contributed by atoms with Gasteiger partial charge in [-0.1, -0.05) is 15.9 Å². The van der Waals surface area contributed by atoms with Crippen LogP contribution in [0.25, 0.3) is 22.3 Å². The molecule has 0 saturated heterocycles. The van der Waals surface area contributed by atoms with Crippen LogP contribution >= 0.6 is 15.9 Å². The van der Waals surface area contributed by atoms with Crippen LogP contribution in [0.3, 0.4) is 0 Å². The Morgan fingerprint density at radius 1 is 1.16 bits per heavy atom. The van der Waals surface area contributed by atoms with Crippen molar-refractivity contribution in [2.24, 2.45) is 0 Å². The molecule has 1 atom stereocenters. The first-order chi connectivity index (χ1) is 12.0. The molecule has 25 heavy (non-hydrogen) atoms. The lowest BCUT2D eigenvalue weighted by molar-refractivity contribution is -0.115. The van der Waals surface area contributed by atoms with Crippen LogP contribution in [-0.2, 0) is 4.79 Å². The quantitative estimate of drug-likeness (QED) is 0.665. The maximum absolute atomic E-state index is 12.4. The van der Waals surface area contributed by atoms with Crippen LogP contribution in [0.2, 0.25) is 0 Å². The van der Waals surface area contributed by atoms with Gasteiger partial charge in [-0.05, 0) is 49.4 Å². The lowest BCUT2D eigenvalue weighted by atomic mass is 10.1. The number of hydrogen-bond acceptors (Lipinski definition) is 4. The van der Waals surface area contributed by atoms with Crippen molar-refractivity contribution >= 4 is 38.5 Å². The third kappa shape index (κ3) is 3.74. The van der Waals surface area contributed by atoms with Gasteiger partial charge in [-0.3, -0.25) is 9.59 Å². The molecular formula is C19H16BrNO4. The van der Waals surface area contributed by atoms with Crippen molar-refractivity contribution in [1.29, 1.82) is 0 Å². The highest BCUT2D eigenvalue weighted by Gasteiger charge is 2.10. The van der Waals surface area contributed by atoms with E-state index in [1.807, 2.05) is 0 Å². The summed E-state index contributed by atoms with van der Waals surface area (Å²) in [6, 6.07) is 13.7. The van der Waals surface area contributed by atoms with Crippen LogP contribution in [0.1, 0.15) is 6.92 Å². The molecule has 3 aromatic rings. The summed E-state index contributed by atoms with van der Waals surface area (Å²) in [6.45, 7) is 1.75. The summed E-state index contributed by atoms with van der Waals surface area (Å²) < 4.78 is 11.0. The van der Waals surface area contributed by atoms with Gasteiger partial charge < -0.3 is 14.5 Å². The lowest BCUT2D eigenvalue weighted by Crippen LogP contribution is -2.19. The smallest absolute Gasteiger partial charge is 0.237 e. The Morgan fingerprint density at radius 2 is 1.88 bits per heavy atom. The Hall–Kier alpha value is -2.60. The van der Waals surface area contributed by atoms with E-state index in [-0.39, 0.29) is 16.2 Å². The number of carbonyl (C=O) groups excluding carboxylic acids is 1. The van der Waals surface area contributed by atoms with Crippen molar-refractivity contribution in [2.45, 2.75) is 11.8 Å². The zero-order valence-corrected chi connectivity index (χ0v) is 15.3. The Morgan fingerprint density at radius 3 is 2.52 bits per heavy atom. The third-order valence-electron chi connectivity index (χ3n) is 3.73. The van der Waals surface area contributed by atoms with Gasteiger partial charge in [0.15, 0.2) is 5.43 Å². The monoisotopic (exact) mass is 401 g/mol. The standard InChI is InChI=1S/C19H16BrNO4/c1-11(20)19(23)21-13-5-3-12(4-6-13)18-10-16(22)15-9-14(24-2)7-8-17(15)25-18/h3-11H,1-2H3,(H,21,23). The molecule has 0 radical (unpaired) electrons. The number of halogens is 1. The van der Waals surface area contributed by atoms with Gasteiger partial charge in [-0.2, -0.15) is 0 Å². The molecule has 1 amide bonds. The first kappa shape index (κ1) is 17.2. The van der Waals surface area contributed by atoms with Crippen molar-refractivity contribution < 1.29 is 13.9 Å². The maximum atomic E-state index is 12.4. The number of ether oxygens (including phenoxy) is 1. The molecule has 1 aromatic heterocycles.